The lowest BCUT2D eigenvalue weighted by Gasteiger charge is -2.09. The van der Waals surface area contributed by atoms with Crippen LogP contribution >= 0.6 is 11.6 Å². The molecule has 0 unspecified atom stereocenters. The van der Waals surface area contributed by atoms with Crippen LogP contribution < -0.4 is 15.8 Å². The summed E-state index contributed by atoms with van der Waals surface area (Å²) in [5, 5.41) is 3.55. The van der Waals surface area contributed by atoms with E-state index in [0.717, 1.165) is 12.1 Å². The number of halogens is 1. The number of rotatable bonds is 5. The highest BCUT2D eigenvalue weighted by Crippen LogP contribution is 2.27. The molecule has 22 heavy (non-hydrogen) atoms. The Balaban J connectivity index is 2.05. The number of aryl methyl sites for hydroxylation is 1. The van der Waals surface area contributed by atoms with Crippen molar-refractivity contribution in [1.29, 1.82) is 0 Å². The first-order valence-corrected chi connectivity index (χ1v) is 7.49. The maximum atomic E-state index is 6.08. The third-order valence-electron chi connectivity index (χ3n) is 3.34. The van der Waals surface area contributed by atoms with E-state index in [1.165, 1.54) is 11.1 Å². The van der Waals surface area contributed by atoms with Crippen LogP contribution in [0.4, 0.5) is 5.69 Å². The zero-order valence-corrected chi connectivity index (χ0v) is 13.5. The molecule has 0 fully saturated rings. The minimum atomic E-state index is 0.354. The smallest absolute Gasteiger partial charge is 0.193 e. The first-order chi connectivity index (χ1) is 10.6. The number of nitrogens with two attached hydrogens (primary N) is 1. The highest BCUT2D eigenvalue weighted by atomic mass is 35.5. The molecule has 0 spiro atoms. The predicted octanol–water partition coefficient (Wildman–Crippen LogP) is 3.84. The minimum absolute atomic E-state index is 0.354. The topological polar surface area (TPSA) is 59.6 Å². The molecule has 0 bridgehead atoms. The van der Waals surface area contributed by atoms with Gasteiger partial charge in [0.1, 0.15) is 5.75 Å². The number of guanidine groups is 1. The number of ether oxygens (including phenoxy) is 1. The summed E-state index contributed by atoms with van der Waals surface area (Å²) >= 11 is 6.08. The van der Waals surface area contributed by atoms with Gasteiger partial charge in [-0.05, 0) is 35.7 Å². The molecule has 3 N–H and O–H groups in total. The molecule has 0 saturated carbocycles. The molecule has 0 aliphatic heterocycles. The number of benzene rings is 2. The summed E-state index contributed by atoms with van der Waals surface area (Å²) in [6.45, 7) is 2.68. The third kappa shape index (κ3) is 4.15. The van der Waals surface area contributed by atoms with Crippen molar-refractivity contribution in [3.05, 3.63) is 58.6 Å². The largest absolute Gasteiger partial charge is 0.495 e. The minimum Gasteiger partial charge on any atom is -0.495 e. The fourth-order valence-corrected chi connectivity index (χ4v) is 2.42. The van der Waals surface area contributed by atoms with Gasteiger partial charge in [-0.3, -0.25) is 0 Å². The third-order valence-corrected chi connectivity index (χ3v) is 3.64. The SMILES string of the molecule is CCc1ccccc1CN=C(N)Nc1ccc(OC)c(Cl)c1. The van der Waals surface area contributed by atoms with Crippen LogP contribution in [0, 0.1) is 0 Å². The van der Waals surface area contributed by atoms with Gasteiger partial charge in [0.05, 0.1) is 18.7 Å². The van der Waals surface area contributed by atoms with Crippen LogP contribution in [-0.4, -0.2) is 13.1 Å². The normalized spacial score (nSPS) is 11.3. The summed E-state index contributed by atoms with van der Waals surface area (Å²) in [4.78, 5) is 4.38. The highest BCUT2D eigenvalue weighted by Gasteiger charge is 2.03. The lowest BCUT2D eigenvalue weighted by Crippen LogP contribution is -2.22. The number of aliphatic imine (C=N–C) groups is 1. The monoisotopic (exact) mass is 317 g/mol. The molecular formula is C17H20ClN3O. The van der Waals surface area contributed by atoms with Crippen LogP contribution in [0.3, 0.4) is 0 Å². The Kier molecular flexibility index (Phi) is 5.67. The first-order valence-electron chi connectivity index (χ1n) is 7.11. The second-order valence-electron chi connectivity index (χ2n) is 4.80. The van der Waals surface area contributed by atoms with E-state index in [1.54, 1.807) is 19.2 Å². The zero-order chi connectivity index (χ0) is 15.9. The zero-order valence-electron chi connectivity index (χ0n) is 12.8. The van der Waals surface area contributed by atoms with Crippen LogP contribution in [0.2, 0.25) is 5.02 Å². The standard InChI is InChI=1S/C17H20ClN3O/c1-3-12-6-4-5-7-13(12)11-20-17(19)21-14-8-9-16(22-2)15(18)10-14/h4-10H,3,11H2,1-2H3,(H3,19,20,21). The molecule has 2 aromatic carbocycles. The Morgan fingerprint density at radius 3 is 2.59 bits per heavy atom. The molecule has 0 amide bonds. The van der Waals surface area contributed by atoms with Gasteiger partial charge >= 0.3 is 0 Å². The van der Waals surface area contributed by atoms with Crippen molar-refractivity contribution in [3.8, 4) is 5.75 Å². The van der Waals surface area contributed by atoms with E-state index in [1.807, 2.05) is 18.2 Å². The second-order valence-corrected chi connectivity index (χ2v) is 5.21. The van der Waals surface area contributed by atoms with E-state index >= 15 is 0 Å². The van der Waals surface area contributed by atoms with Crippen LogP contribution in [0.25, 0.3) is 0 Å². The fraction of sp³-hybridized carbons (Fsp3) is 0.235. The lowest BCUT2D eigenvalue weighted by molar-refractivity contribution is 0.415. The number of anilines is 1. The van der Waals surface area contributed by atoms with E-state index < -0.39 is 0 Å². The summed E-state index contributed by atoms with van der Waals surface area (Å²) in [6.07, 6.45) is 0.979. The molecule has 2 aromatic rings. The van der Waals surface area contributed by atoms with E-state index in [4.69, 9.17) is 22.1 Å². The molecule has 0 aliphatic rings. The van der Waals surface area contributed by atoms with Crippen molar-refractivity contribution in [2.45, 2.75) is 19.9 Å². The number of methoxy groups -OCH3 is 1. The van der Waals surface area contributed by atoms with Crippen molar-refractivity contribution in [1.82, 2.24) is 0 Å². The van der Waals surface area contributed by atoms with Gasteiger partial charge in [-0.15, -0.1) is 0 Å². The molecule has 0 aromatic heterocycles. The van der Waals surface area contributed by atoms with Crippen LogP contribution in [0.5, 0.6) is 5.75 Å². The fourth-order valence-electron chi connectivity index (χ4n) is 2.16. The highest BCUT2D eigenvalue weighted by molar-refractivity contribution is 6.32. The second kappa shape index (κ2) is 7.71. The number of nitrogens with zero attached hydrogens (tertiary/aromatic N) is 1. The van der Waals surface area contributed by atoms with E-state index in [0.29, 0.717) is 23.3 Å². The summed E-state index contributed by atoms with van der Waals surface area (Å²) in [5.41, 5.74) is 9.17. The number of nitrogens with one attached hydrogen (secondary N) is 1. The van der Waals surface area contributed by atoms with Gasteiger partial charge in [0.15, 0.2) is 5.96 Å². The maximum absolute atomic E-state index is 6.08. The summed E-state index contributed by atoms with van der Waals surface area (Å²) in [5.74, 6) is 0.978. The Hall–Kier alpha value is -2.20. The van der Waals surface area contributed by atoms with Crippen molar-refractivity contribution >= 4 is 23.2 Å². The summed E-state index contributed by atoms with van der Waals surface area (Å²) < 4.78 is 5.11. The number of hydrogen-bond acceptors (Lipinski definition) is 2. The van der Waals surface area contributed by atoms with Gasteiger partial charge in [0.2, 0.25) is 0 Å². The Labute approximate surface area is 136 Å². The maximum Gasteiger partial charge on any atom is 0.193 e. The van der Waals surface area contributed by atoms with E-state index in [9.17, 15) is 0 Å². The molecule has 0 radical (unpaired) electrons. The van der Waals surface area contributed by atoms with Gasteiger partial charge in [0.25, 0.3) is 0 Å². The number of hydrogen-bond donors (Lipinski definition) is 2. The molecule has 0 atom stereocenters. The average Bonchev–Trinajstić information content (AvgIpc) is 2.53. The quantitative estimate of drug-likeness (QED) is 0.650. The first kappa shape index (κ1) is 16.2. The van der Waals surface area contributed by atoms with Gasteiger partial charge in [-0.25, -0.2) is 4.99 Å². The van der Waals surface area contributed by atoms with Gasteiger partial charge in [-0.2, -0.15) is 0 Å². The Bertz CT molecular complexity index is 671. The molecule has 0 heterocycles. The van der Waals surface area contributed by atoms with Crippen molar-refractivity contribution in [2.75, 3.05) is 12.4 Å². The molecule has 0 aliphatic carbocycles. The Morgan fingerprint density at radius 2 is 1.95 bits per heavy atom. The molecule has 116 valence electrons. The molecule has 4 nitrogen and oxygen atoms in total. The van der Waals surface area contributed by atoms with Gasteiger partial charge in [0, 0.05) is 5.69 Å². The van der Waals surface area contributed by atoms with Crippen LogP contribution in [0.15, 0.2) is 47.5 Å². The van der Waals surface area contributed by atoms with Crippen LogP contribution in [0.1, 0.15) is 18.1 Å². The van der Waals surface area contributed by atoms with Crippen molar-refractivity contribution < 1.29 is 4.74 Å². The van der Waals surface area contributed by atoms with Crippen molar-refractivity contribution in [3.63, 3.8) is 0 Å². The average molecular weight is 318 g/mol. The molecule has 2 rings (SSSR count). The van der Waals surface area contributed by atoms with Crippen LogP contribution in [-0.2, 0) is 13.0 Å². The van der Waals surface area contributed by atoms with Crippen molar-refractivity contribution in [2.24, 2.45) is 10.7 Å². The molecular weight excluding hydrogens is 298 g/mol. The van der Waals surface area contributed by atoms with E-state index in [2.05, 4.69) is 29.4 Å². The Morgan fingerprint density at radius 1 is 1.23 bits per heavy atom. The predicted molar refractivity (Wildman–Crippen MR) is 92.8 cm³/mol. The van der Waals surface area contributed by atoms with Gasteiger partial charge in [-0.1, -0.05) is 42.8 Å². The summed E-state index contributed by atoms with van der Waals surface area (Å²) in [7, 11) is 1.58. The lowest BCUT2D eigenvalue weighted by atomic mass is 10.1. The molecule has 0 saturated heterocycles. The summed E-state index contributed by atoms with van der Waals surface area (Å²) in [6, 6.07) is 13.6. The molecule has 5 heteroatoms. The van der Waals surface area contributed by atoms with Gasteiger partial charge < -0.3 is 15.8 Å². The van der Waals surface area contributed by atoms with E-state index in [-0.39, 0.29) is 0 Å².